The number of hydrogen-bond donors (Lipinski definition) is 3. The Labute approximate surface area is 158 Å². The number of carbonyl (C=O) groups excluding carboxylic acids is 2. The number of aryl methyl sites for hydroxylation is 1. The van der Waals surface area contributed by atoms with Gasteiger partial charge in [-0.25, -0.2) is 9.97 Å². The van der Waals surface area contributed by atoms with E-state index in [1.165, 1.54) is 0 Å². The summed E-state index contributed by atoms with van der Waals surface area (Å²) in [5.41, 5.74) is 13.2. The predicted octanol–water partition coefficient (Wildman–Crippen LogP) is 2.34. The van der Waals surface area contributed by atoms with Crippen LogP contribution >= 0.6 is 0 Å². The van der Waals surface area contributed by atoms with Crippen molar-refractivity contribution < 1.29 is 9.59 Å². The van der Waals surface area contributed by atoms with Gasteiger partial charge in [-0.15, -0.1) is 0 Å². The van der Waals surface area contributed by atoms with Crippen LogP contribution in [0.3, 0.4) is 0 Å². The fraction of sp³-hybridized carbons (Fsp3) is 0.400. The van der Waals surface area contributed by atoms with Crippen molar-refractivity contribution in [3.05, 3.63) is 41.6 Å². The van der Waals surface area contributed by atoms with E-state index in [0.717, 1.165) is 36.9 Å². The van der Waals surface area contributed by atoms with Crippen LogP contribution in [0.2, 0.25) is 0 Å². The molecule has 2 amide bonds. The maximum atomic E-state index is 12.7. The number of rotatable bonds is 4. The molecule has 0 spiro atoms. The molecular weight excluding hydrogens is 342 g/mol. The largest absolute Gasteiger partial charge is 0.368 e. The number of primary amides is 1. The summed E-state index contributed by atoms with van der Waals surface area (Å²) in [5, 5.41) is 2.91. The molecule has 2 aromatic rings. The monoisotopic (exact) mass is 367 g/mol. The second-order valence-electron chi connectivity index (χ2n) is 7.14. The molecule has 1 heterocycles. The standard InChI is InChI=1S/C20H25N5O2/c1-13-12-16(24-19(22)23-13)14-6-8-15(9-7-14)17(26)25-20(18(21)27)10-4-2-3-5-11-20/h6-9,12H,2-5,10-11H2,1H3,(H2,21,27)(H,25,26)(H2,22,23,24). The molecule has 1 aromatic heterocycles. The first-order valence-electron chi connectivity index (χ1n) is 9.24. The minimum Gasteiger partial charge on any atom is -0.368 e. The Morgan fingerprint density at radius 3 is 2.22 bits per heavy atom. The highest BCUT2D eigenvalue weighted by atomic mass is 16.2. The van der Waals surface area contributed by atoms with Crippen LogP contribution in [0.15, 0.2) is 30.3 Å². The lowest BCUT2D eigenvalue weighted by Gasteiger charge is -2.30. The lowest BCUT2D eigenvalue weighted by molar-refractivity contribution is -0.124. The van der Waals surface area contributed by atoms with Crippen LogP contribution in [-0.2, 0) is 4.79 Å². The van der Waals surface area contributed by atoms with E-state index in [4.69, 9.17) is 11.5 Å². The lowest BCUT2D eigenvalue weighted by atomic mass is 9.89. The number of hydrogen-bond acceptors (Lipinski definition) is 5. The van der Waals surface area contributed by atoms with Crippen molar-refractivity contribution in [3.63, 3.8) is 0 Å². The SMILES string of the molecule is Cc1cc(-c2ccc(C(=O)NC3(C(N)=O)CCCCCC3)cc2)nc(N)n1. The minimum atomic E-state index is -0.954. The number of nitrogens with zero attached hydrogens (tertiary/aromatic N) is 2. The molecule has 142 valence electrons. The molecule has 1 fully saturated rings. The molecule has 0 radical (unpaired) electrons. The number of benzene rings is 1. The first-order valence-corrected chi connectivity index (χ1v) is 9.24. The Balaban J connectivity index is 1.79. The van der Waals surface area contributed by atoms with E-state index >= 15 is 0 Å². The van der Waals surface area contributed by atoms with E-state index in [1.807, 2.05) is 13.0 Å². The molecule has 7 heteroatoms. The molecule has 3 rings (SSSR count). The van der Waals surface area contributed by atoms with E-state index in [9.17, 15) is 9.59 Å². The van der Waals surface area contributed by atoms with Crippen LogP contribution in [0.1, 0.15) is 54.6 Å². The van der Waals surface area contributed by atoms with Gasteiger partial charge < -0.3 is 16.8 Å². The summed E-state index contributed by atoms with van der Waals surface area (Å²) in [7, 11) is 0. The second kappa shape index (κ2) is 7.73. The highest BCUT2D eigenvalue weighted by molar-refractivity contribution is 5.99. The molecule has 1 aromatic carbocycles. The molecule has 1 aliphatic carbocycles. The molecule has 1 saturated carbocycles. The van der Waals surface area contributed by atoms with Gasteiger partial charge in [-0.05, 0) is 38.0 Å². The fourth-order valence-electron chi connectivity index (χ4n) is 3.59. The Morgan fingerprint density at radius 2 is 1.67 bits per heavy atom. The van der Waals surface area contributed by atoms with Crippen LogP contribution in [0.25, 0.3) is 11.3 Å². The van der Waals surface area contributed by atoms with Crippen molar-refractivity contribution in [1.82, 2.24) is 15.3 Å². The van der Waals surface area contributed by atoms with Gasteiger partial charge in [-0.2, -0.15) is 0 Å². The van der Waals surface area contributed by atoms with Crippen molar-refractivity contribution in [1.29, 1.82) is 0 Å². The molecule has 1 aliphatic rings. The summed E-state index contributed by atoms with van der Waals surface area (Å²) in [5.74, 6) is -0.537. The normalized spacial score (nSPS) is 16.3. The Morgan fingerprint density at radius 1 is 1.04 bits per heavy atom. The van der Waals surface area contributed by atoms with Gasteiger partial charge in [0.1, 0.15) is 5.54 Å². The van der Waals surface area contributed by atoms with Crippen LogP contribution in [-0.4, -0.2) is 27.3 Å². The maximum Gasteiger partial charge on any atom is 0.252 e. The fourth-order valence-corrected chi connectivity index (χ4v) is 3.59. The van der Waals surface area contributed by atoms with E-state index in [1.54, 1.807) is 24.3 Å². The summed E-state index contributed by atoms with van der Waals surface area (Å²) in [6.07, 6.45) is 5.06. The van der Waals surface area contributed by atoms with E-state index in [0.29, 0.717) is 24.1 Å². The number of anilines is 1. The minimum absolute atomic E-state index is 0.212. The average Bonchev–Trinajstić information content (AvgIpc) is 2.87. The quantitative estimate of drug-likeness (QED) is 0.716. The van der Waals surface area contributed by atoms with Gasteiger partial charge in [0.15, 0.2) is 0 Å². The number of nitrogens with one attached hydrogen (secondary N) is 1. The van der Waals surface area contributed by atoms with Crippen molar-refractivity contribution >= 4 is 17.8 Å². The summed E-state index contributed by atoms with van der Waals surface area (Å²) >= 11 is 0. The van der Waals surface area contributed by atoms with Gasteiger partial charge in [0, 0.05) is 16.8 Å². The molecule has 7 nitrogen and oxygen atoms in total. The molecule has 0 aliphatic heterocycles. The number of aromatic nitrogens is 2. The zero-order valence-electron chi connectivity index (χ0n) is 15.5. The van der Waals surface area contributed by atoms with Gasteiger partial charge in [0.2, 0.25) is 11.9 Å². The first-order chi connectivity index (χ1) is 12.9. The lowest BCUT2D eigenvalue weighted by Crippen LogP contribution is -2.57. The number of nitrogen functional groups attached to an aromatic ring is 1. The van der Waals surface area contributed by atoms with E-state index in [2.05, 4.69) is 15.3 Å². The third kappa shape index (κ3) is 4.24. The zero-order chi connectivity index (χ0) is 19.4. The molecule has 0 saturated heterocycles. The predicted molar refractivity (Wildman–Crippen MR) is 104 cm³/mol. The smallest absolute Gasteiger partial charge is 0.252 e. The second-order valence-corrected chi connectivity index (χ2v) is 7.14. The molecule has 5 N–H and O–H groups in total. The van der Waals surface area contributed by atoms with Crippen LogP contribution in [0, 0.1) is 6.92 Å². The Hall–Kier alpha value is -2.96. The first kappa shape index (κ1) is 18.8. The molecular formula is C20H25N5O2. The molecule has 0 unspecified atom stereocenters. The summed E-state index contributed by atoms with van der Waals surface area (Å²) in [6.45, 7) is 1.85. The summed E-state index contributed by atoms with van der Waals surface area (Å²) < 4.78 is 0. The summed E-state index contributed by atoms with van der Waals surface area (Å²) in [4.78, 5) is 33.1. The highest BCUT2D eigenvalue weighted by Crippen LogP contribution is 2.27. The molecule has 0 bridgehead atoms. The van der Waals surface area contributed by atoms with E-state index in [-0.39, 0.29) is 11.9 Å². The Bertz CT molecular complexity index is 820. The van der Waals surface area contributed by atoms with Gasteiger partial charge in [0.25, 0.3) is 5.91 Å². The Kier molecular flexibility index (Phi) is 5.39. The van der Waals surface area contributed by atoms with Crippen molar-refractivity contribution in [3.8, 4) is 11.3 Å². The zero-order valence-corrected chi connectivity index (χ0v) is 15.5. The number of carbonyl (C=O) groups is 2. The topological polar surface area (TPSA) is 124 Å². The number of amides is 2. The third-order valence-corrected chi connectivity index (χ3v) is 5.10. The highest BCUT2D eigenvalue weighted by Gasteiger charge is 2.38. The van der Waals surface area contributed by atoms with Gasteiger partial charge in [-0.3, -0.25) is 9.59 Å². The number of nitrogens with two attached hydrogens (primary N) is 2. The third-order valence-electron chi connectivity index (χ3n) is 5.10. The van der Waals surface area contributed by atoms with Crippen molar-refractivity contribution in [2.45, 2.75) is 51.0 Å². The van der Waals surface area contributed by atoms with Gasteiger partial charge in [0.05, 0.1) is 5.69 Å². The van der Waals surface area contributed by atoms with E-state index < -0.39 is 11.4 Å². The maximum absolute atomic E-state index is 12.7. The van der Waals surface area contributed by atoms with Crippen molar-refractivity contribution in [2.24, 2.45) is 5.73 Å². The average molecular weight is 367 g/mol. The molecule has 0 atom stereocenters. The van der Waals surface area contributed by atoms with Gasteiger partial charge in [-0.1, -0.05) is 37.8 Å². The van der Waals surface area contributed by atoms with Crippen LogP contribution < -0.4 is 16.8 Å². The molecule has 27 heavy (non-hydrogen) atoms. The van der Waals surface area contributed by atoms with Gasteiger partial charge >= 0.3 is 0 Å². The van der Waals surface area contributed by atoms with Crippen LogP contribution in [0.4, 0.5) is 5.95 Å². The summed E-state index contributed by atoms with van der Waals surface area (Å²) in [6, 6.07) is 8.87. The van der Waals surface area contributed by atoms with Crippen LogP contribution in [0.5, 0.6) is 0 Å². The van der Waals surface area contributed by atoms with Crippen molar-refractivity contribution in [2.75, 3.05) is 5.73 Å².